The predicted molar refractivity (Wildman–Crippen MR) is 51.1 cm³/mol. The van der Waals surface area contributed by atoms with E-state index in [1.807, 2.05) is 26.0 Å². The van der Waals surface area contributed by atoms with Crippen LogP contribution in [0.25, 0.3) is 0 Å². The van der Waals surface area contributed by atoms with Crippen LogP contribution in [0, 0.1) is 13.8 Å². The van der Waals surface area contributed by atoms with Gasteiger partial charge in [0.1, 0.15) is 0 Å². The van der Waals surface area contributed by atoms with Crippen molar-refractivity contribution in [2.75, 3.05) is 0 Å². The second-order valence-electron chi connectivity index (χ2n) is 3.17. The standard InChI is InChI=1S/C10H8O2S/c1-5-3-6(2)8-7(4-5)13-10(12)9(8)11/h3-4H,1-2H3. The van der Waals surface area contributed by atoms with E-state index in [9.17, 15) is 9.59 Å². The fraction of sp³-hybridized carbons (Fsp3) is 0.200. The molecule has 1 aromatic rings. The van der Waals surface area contributed by atoms with Crippen molar-refractivity contribution in [2.24, 2.45) is 0 Å². The first-order chi connectivity index (χ1) is 6.09. The average molecular weight is 192 g/mol. The summed E-state index contributed by atoms with van der Waals surface area (Å²) in [5.41, 5.74) is 2.59. The Kier molecular flexibility index (Phi) is 1.77. The van der Waals surface area contributed by atoms with Crippen molar-refractivity contribution in [3.63, 3.8) is 0 Å². The van der Waals surface area contributed by atoms with E-state index in [-0.39, 0.29) is 10.9 Å². The molecule has 0 spiro atoms. The number of Topliss-reactive ketones (excluding diaryl/α,β-unsaturated/α-hetero) is 1. The highest BCUT2D eigenvalue weighted by atomic mass is 32.2. The number of benzene rings is 1. The zero-order chi connectivity index (χ0) is 9.59. The summed E-state index contributed by atoms with van der Waals surface area (Å²) in [6, 6.07) is 3.81. The molecule has 1 aliphatic rings. The molecule has 0 amide bonds. The molecule has 0 radical (unpaired) electrons. The molecule has 1 aromatic carbocycles. The van der Waals surface area contributed by atoms with Gasteiger partial charge in [0.15, 0.2) is 0 Å². The molecule has 3 heteroatoms. The van der Waals surface area contributed by atoms with Crippen molar-refractivity contribution in [3.05, 3.63) is 28.8 Å². The number of rotatable bonds is 0. The number of ketones is 1. The van der Waals surface area contributed by atoms with Crippen LogP contribution in [0.3, 0.4) is 0 Å². The first-order valence-corrected chi connectivity index (χ1v) is 4.79. The van der Waals surface area contributed by atoms with Crippen LogP contribution in [0.4, 0.5) is 0 Å². The van der Waals surface area contributed by atoms with E-state index in [0.29, 0.717) is 5.56 Å². The van der Waals surface area contributed by atoms with Crippen LogP contribution >= 0.6 is 11.8 Å². The van der Waals surface area contributed by atoms with Crippen LogP contribution in [-0.2, 0) is 4.79 Å². The molecular formula is C10H8O2S. The second kappa shape index (κ2) is 2.70. The maximum Gasteiger partial charge on any atom is 0.264 e. The predicted octanol–water partition coefficient (Wildman–Crippen LogP) is 2.12. The maximum atomic E-state index is 11.4. The van der Waals surface area contributed by atoms with Gasteiger partial charge in [-0.05, 0) is 42.8 Å². The van der Waals surface area contributed by atoms with E-state index in [1.54, 1.807) is 0 Å². The van der Waals surface area contributed by atoms with E-state index in [4.69, 9.17) is 0 Å². The molecule has 0 saturated heterocycles. The molecular weight excluding hydrogens is 184 g/mol. The third kappa shape index (κ3) is 1.20. The first kappa shape index (κ1) is 8.51. The molecule has 0 saturated carbocycles. The molecule has 1 aliphatic heterocycles. The van der Waals surface area contributed by atoms with Gasteiger partial charge >= 0.3 is 0 Å². The quantitative estimate of drug-likeness (QED) is 0.590. The third-order valence-corrected chi connectivity index (χ3v) is 2.97. The van der Waals surface area contributed by atoms with Crippen LogP contribution in [0.5, 0.6) is 0 Å². The van der Waals surface area contributed by atoms with Crippen molar-refractivity contribution < 1.29 is 9.59 Å². The van der Waals surface area contributed by atoms with Crippen LogP contribution < -0.4 is 0 Å². The normalized spacial score (nSPS) is 14.9. The molecule has 0 atom stereocenters. The number of fused-ring (bicyclic) bond motifs is 1. The van der Waals surface area contributed by atoms with Gasteiger partial charge in [0.2, 0.25) is 5.78 Å². The molecule has 66 valence electrons. The van der Waals surface area contributed by atoms with Crippen LogP contribution in [0.2, 0.25) is 0 Å². The second-order valence-corrected chi connectivity index (χ2v) is 4.19. The van der Waals surface area contributed by atoms with E-state index in [2.05, 4.69) is 0 Å². The Balaban J connectivity index is 2.71. The number of carbonyl (C=O) groups excluding carboxylic acids is 2. The molecule has 13 heavy (non-hydrogen) atoms. The summed E-state index contributed by atoms with van der Waals surface area (Å²) in [5.74, 6) is -0.350. The molecule has 0 aromatic heterocycles. The fourth-order valence-electron chi connectivity index (χ4n) is 1.55. The number of hydrogen-bond acceptors (Lipinski definition) is 3. The first-order valence-electron chi connectivity index (χ1n) is 3.97. The van der Waals surface area contributed by atoms with Crippen LogP contribution in [-0.4, -0.2) is 10.9 Å². The van der Waals surface area contributed by atoms with E-state index < -0.39 is 0 Å². The summed E-state index contributed by atoms with van der Waals surface area (Å²) < 4.78 is 0. The lowest BCUT2D eigenvalue weighted by Crippen LogP contribution is -2.04. The van der Waals surface area contributed by atoms with Crippen molar-refractivity contribution >= 4 is 22.7 Å². The monoisotopic (exact) mass is 192 g/mol. The zero-order valence-electron chi connectivity index (χ0n) is 7.38. The summed E-state index contributed by atoms with van der Waals surface area (Å²) in [6.07, 6.45) is 0. The maximum absolute atomic E-state index is 11.4. The van der Waals surface area contributed by atoms with Gasteiger partial charge in [-0.25, -0.2) is 0 Å². The summed E-state index contributed by atoms with van der Waals surface area (Å²) >= 11 is 1.04. The minimum Gasteiger partial charge on any atom is -0.284 e. The highest BCUT2D eigenvalue weighted by molar-refractivity contribution is 8.16. The zero-order valence-corrected chi connectivity index (χ0v) is 8.20. The van der Waals surface area contributed by atoms with Crippen LogP contribution in [0.15, 0.2) is 17.0 Å². The highest BCUT2D eigenvalue weighted by Crippen LogP contribution is 2.35. The van der Waals surface area contributed by atoms with E-state index in [0.717, 1.165) is 27.8 Å². The lowest BCUT2D eigenvalue weighted by molar-refractivity contribution is -0.107. The molecule has 0 unspecified atom stereocenters. The Bertz CT molecular complexity index is 421. The Labute approximate surface area is 80.3 Å². The van der Waals surface area contributed by atoms with Crippen molar-refractivity contribution in [1.82, 2.24) is 0 Å². The summed E-state index contributed by atoms with van der Waals surface area (Å²) in [7, 11) is 0. The topological polar surface area (TPSA) is 34.1 Å². The molecule has 0 fully saturated rings. The number of hydrogen-bond donors (Lipinski definition) is 0. The van der Waals surface area contributed by atoms with Crippen molar-refractivity contribution in [1.29, 1.82) is 0 Å². The molecule has 1 heterocycles. The number of thioether (sulfide) groups is 1. The Hall–Kier alpha value is -1.09. The van der Waals surface area contributed by atoms with Gasteiger partial charge in [0.05, 0.1) is 0 Å². The summed E-state index contributed by atoms with van der Waals surface area (Å²) in [4.78, 5) is 23.3. The smallest absolute Gasteiger partial charge is 0.264 e. The summed E-state index contributed by atoms with van der Waals surface area (Å²) in [5, 5.41) is -0.358. The van der Waals surface area contributed by atoms with Gasteiger partial charge in [-0.15, -0.1) is 0 Å². The van der Waals surface area contributed by atoms with Crippen molar-refractivity contribution in [3.8, 4) is 0 Å². The summed E-state index contributed by atoms with van der Waals surface area (Å²) in [6.45, 7) is 3.82. The minimum absolute atomic E-state index is 0.350. The highest BCUT2D eigenvalue weighted by Gasteiger charge is 2.30. The van der Waals surface area contributed by atoms with Gasteiger partial charge in [0.25, 0.3) is 5.12 Å². The minimum atomic E-state index is -0.358. The largest absolute Gasteiger partial charge is 0.284 e. The van der Waals surface area contributed by atoms with Gasteiger partial charge in [-0.3, -0.25) is 9.59 Å². The molecule has 0 bridgehead atoms. The van der Waals surface area contributed by atoms with Gasteiger partial charge in [-0.1, -0.05) is 6.07 Å². The molecule has 0 aliphatic carbocycles. The average Bonchev–Trinajstić information content (AvgIpc) is 2.27. The van der Waals surface area contributed by atoms with Crippen LogP contribution in [0.1, 0.15) is 21.5 Å². The molecule has 0 N–H and O–H groups in total. The Morgan fingerprint density at radius 2 is 1.85 bits per heavy atom. The van der Waals surface area contributed by atoms with Gasteiger partial charge in [0, 0.05) is 10.5 Å². The number of carbonyl (C=O) groups is 2. The van der Waals surface area contributed by atoms with E-state index >= 15 is 0 Å². The number of aryl methyl sites for hydroxylation is 2. The van der Waals surface area contributed by atoms with Crippen molar-refractivity contribution in [2.45, 2.75) is 18.7 Å². The Morgan fingerprint density at radius 3 is 2.54 bits per heavy atom. The molecule has 2 rings (SSSR count). The lowest BCUT2D eigenvalue weighted by atomic mass is 10.0. The third-order valence-electron chi connectivity index (χ3n) is 2.06. The van der Waals surface area contributed by atoms with Gasteiger partial charge < -0.3 is 0 Å². The SMILES string of the molecule is Cc1cc(C)c2c(c1)SC(=O)C2=O. The van der Waals surface area contributed by atoms with Gasteiger partial charge in [-0.2, -0.15) is 0 Å². The lowest BCUT2D eigenvalue weighted by Gasteiger charge is -2.01. The fourth-order valence-corrected chi connectivity index (χ4v) is 2.54. The van der Waals surface area contributed by atoms with E-state index in [1.165, 1.54) is 0 Å². The Morgan fingerprint density at radius 1 is 1.15 bits per heavy atom. The molecule has 2 nitrogen and oxygen atoms in total.